The maximum atomic E-state index is 15.5. The number of pyridine rings is 2. The number of rotatable bonds is 18. The van der Waals surface area contributed by atoms with Crippen molar-refractivity contribution in [3.8, 4) is 11.5 Å². The van der Waals surface area contributed by atoms with Crippen molar-refractivity contribution in [2.45, 2.75) is 119 Å². The van der Waals surface area contributed by atoms with Crippen LogP contribution in [0.5, 0.6) is 11.5 Å². The van der Waals surface area contributed by atoms with E-state index in [9.17, 15) is 24.3 Å². The lowest BCUT2D eigenvalue weighted by Gasteiger charge is -2.40. The summed E-state index contributed by atoms with van der Waals surface area (Å²) in [6.07, 6.45) is 3.24. The zero-order chi connectivity index (χ0) is 64.1. The molecule has 474 valence electrons. The Morgan fingerprint density at radius 1 is 0.609 bits per heavy atom. The topological polar surface area (TPSA) is 169 Å². The molecule has 0 unspecified atom stereocenters. The van der Waals surface area contributed by atoms with E-state index in [1.54, 1.807) is 80.3 Å². The van der Waals surface area contributed by atoms with Gasteiger partial charge in [0.15, 0.2) is 8.32 Å². The highest BCUT2D eigenvalue weighted by Crippen LogP contribution is 2.42. The Hall–Kier alpha value is -6.06. The number of anilines is 2. The monoisotopic (exact) mass is 1260 g/mol. The van der Waals surface area contributed by atoms with E-state index in [1.807, 2.05) is 25.3 Å². The molecular weight excluding hydrogens is 1180 g/mol. The predicted molar refractivity (Wildman–Crippen MR) is 343 cm³/mol. The average molecular weight is 1260 g/mol. The van der Waals surface area contributed by atoms with E-state index in [2.05, 4.69) is 64.4 Å². The van der Waals surface area contributed by atoms with Crippen molar-refractivity contribution in [2.75, 3.05) is 103 Å². The van der Waals surface area contributed by atoms with Gasteiger partial charge in [-0.25, -0.2) is 18.4 Å². The second-order valence-electron chi connectivity index (χ2n) is 25.7. The molecule has 2 aromatic heterocycles. The first kappa shape index (κ1) is 68.4. The van der Waals surface area contributed by atoms with E-state index in [1.165, 1.54) is 13.3 Å². The standard InChI is InChI=1S/C36H50ClFN2O6Si.C30H36ClFN2O6/c1-11-45-34(42)27-21-40(31(35(2,3)4)22-46-47(9,10)36(5,6)7)29-20-30(43-8)23(18-26(29)33(27)41)16-24-17-25(19-28(37)32(24)38)39-12-14-44-15-13-39;1-6-40-29(37)22-16-34(26(17-35)30(2,3)4)24-15-25(38-5)18(13-21(24)28(22)36)11-19-12-20(14-23(31)27(19)32)33-7-9-39-10-8-33/h17-21,31H,11-16,22H2,1-10H3;12-16,26,35H,6-11,17H2,1-5H3/t31-;26-/m11/s1. The van der Waals surface area contributed by atoms with Crippen molar-refractivity contribution in [1.29, 1.82) is 0 Å². The molecule has 0 amide bonds. The van der Waals surface area contributed by atoms with E-state index >= 15 is 8.78 Å². The minimum atomic E-state index is -2.15. The molecule has 0 saturated carbocycles. The molecule has 0 spiro atoms. The van der Waals surface area contributed by atoms with Gasteiger partial charge in [0.05, 0.1) is 100 Å². The lowest BCUT2D eigenvalue weighted by Crippen LogP contribution is -2.43. The molecule has 0 bridgehead atoms. The third kappa shape index (κ3) is 15.5. The summed E-state index contributed by atoms with van der Waals surface area (Å²) in [5.74, 6) is -1.60. The number of aliphatic hydroxyl groups is 1. The maximum absolute atomic E-state index is 15.5. The van der Waals surface area contributed by atoms with Crippen LogP contribution in [-0.4, -0.2) is 128 Å². The number of hydrogen-bond acceptors (Lipinski definition) is 14. The van der Waals surface area contributed by atoms with Gasteiger partial charge in [0, 0.05) is 85.7 Å². The van der Waals surface area contributed by atoms with Crippen molar-refractivity contribution < 1.29 is 56.3 Å². The number of morpholine rings is 2. The first-order valence-electron chi connectivity index (χ1n) is 29.6. The number of aliphatic hydroxyl groups excluding tert-OH is 1. The number of fused-ring (bicyclic) bond motifs is 2. The number of carbonyl (C=O) groups excluding carboxylic acids is 2. The summed E-state index contributed by atoms with van der Waals surface area (Å²) in [4.78, 5) is 57.8. The van der Waals surface area contributed by atoms with Gasteiger partial charge in [-0.1, -0.05) is 85.5 Å². The first-order valence-corrected chi connectivity index (χ1v) is 33.3. The highest BCUT2D eigenvalue weighted by atomic mass is 35.5. The largest absolute Gasteiger partial charge is 0.496 e. The number of hydrogen-bond donors (Lipinski definition) is 1. The van der Waals surface area contributed by atoms with Crippen LogP contribution in [0.4, 0.5) is 20.2 Å². The fourth-order valence-electron chi connectivity index (χ4n) is 10.7. The fraction of sp³-hybridized carbons (Fsp3) is 0.515. The highest BCUT2D eigenvalue weighted by Gasteiger charge is 2.40. The van der Waals surface area contributed by atoms with Crippen molar-refractivity contribution >= 4 is 76.6 Å². The number of esters is 2. The highest BCUT2D eigenvalue weighted by molar-refractivity contribution is 6.74. The molecule has 4 heterocycles. The molecule has 2 fully saturated rings. The van der Waals surface area contributed by atoms with Gasteiger partial charge in [-0.15, -0.1) is 0 Å². The van der Waals surface area contributed by atoms with Gasteiger partial charge in [0.1, 0.15) is 34.3 Å². The molecule has 6 aromatic rings. The number of carbonyl (C=O) groups is 2. The second-order valence-corrected chi connectivity index (χ2v) is 31.4. The third-order valence-electron chi connectivity index (χ3n) is 16.8. The van der Waals surface area contributed by atoms with E-state index in [0.717, 1.165) is 11.4 Å². The molecule has 2 atom stereocenters. The molecule has 0 aliphatic carbocycles. The SMILES string of the molecule is CCOC(=O)c1cn([C@H](CO)C(C)(C)C)c2cc(OC)c(Cc3cc(N4CCOCC4)cc(Cl)c3F)cc2c1=O.CCOC(=O)c1cn([C@H](CO[Si](C)(C)C(C)(C)C)C(C)(C)C)c2cc(OC)c(Cc3cc(N4CCOCC4)cc(Cl)c3F)cc2c1=O. The summed E-state index contributed by atoms with van der Waals surface area (Å²) >= 11 is 12.7. The van der Waals surface area contributed by atoms with Crippen LogP contribution in [0.1, 0.15) is 131 Å². The minimum absolute atomic E-state index is 0.00154. The number of aromatic nitrogens is 2. The maximum Gasteiger partial charge on any atom is 0.343 e. The molecule has 21 heteroatoms. The van der Waals surface area contributed by atoms with Crippen LogP contribution in [-0.2, 0) is 36.2 Å². The zero-order valence-electron chi connectivity index (χ0n) is 53.1. The van der Waals surface area contributed by atoms with Crippen LogP contribution < -0.4 is 30.1 Å². The Morgan fingerprint density at radius 3 is 1.32 bits per heavy atom. The van der Waals surface area contributed by atoms with Gasteiger partial charge in [0.2, 0.25) is 10.9 Å². The van der Waals surface area contributed by atoms with Crippen LogP contribution in [0.15, 0.2) is 70.5 Å². The molecule has 4 aromatic carbocycles. The molecular formula is C66H86Cl2F2N4O12Si. The van der Waals surface area contributed by atoms with Gasteiger partial charge in [0.25, 0.3) is 0 Å². The number of ether oxygens (including phenoxy) is 6. The van der Waals surface area contributed by atoms with E-state index in [4.69, 9.17) is 56.0 Å². The summed E-state index contributed by atoms with van der Waals surface area (Å²) in [6.45, 7) is 31.9. The molecule has 2 aliphatic rings. The quantitative estimate of drug-likeness (QED) is 0.0637. The normalized spacial score (nSPS) is 15.0. The molecule has 0 radical (unpaired) electrons. The van der Waals surface area contributed by atoms with Gasteiger partial charge < -0.3 is 56.9 Å². The van der Waals surface area contributed by atoms with Crippen molar-refractivity contribution in [1.82, 2.24) is 9.13 Å². The third-order valence-corrected chi connectivity index (χ3v) is 21.9. The van der Waals surface area contributed by atoms with E-state index < -0.39 is 54.2 Å². The Balaban J connectivity index is 0.000000252. The summed E-state index contributed by atoms with van der Waals surface area (Å²) in [5.41, 5.74) is 2.56. The molecule has 2 aliphatic heterocycles. The lowest BCUT2D eigenvalue weighted by atomic mass is 9.86. The Morgan fingerprint density at radius 2 is 0.989 bits per heavy atom. The Bertz CT molecular complexity index is 3600. The number of nitrogens with zero attached hydrogens (tertiary/aromatic N) is 4. The molecule has 8 rings (SSSR count). The fourth-order valence-corrected chi connectivity index (χ4v) is 12.2. The molecule has 87 heavy (non-hydrogen) atoms. The predicted octanol–water partition coefficient (Wildman–Crippen LogP) is 13.0. The van der Waals surface area contributed by atoms with Gasteiger partial charge in [-0.05, 0) is 101 Å². The number of halogens is 4. The summed E-state index contributed by atoms with van der Waals surface area (Å²) in [5, 5.41) is 10.9. The summed E-state index contributed by atoms with van der Waals surface area (Å²) < 4.78 is 74.2. The Labute approximate surface area is 520 Å². The number of benzene rings is 4. The van der Waals surface area contributed by atoms with Crippen molar-refractivity contribution in [2.24, 2.45) is 10.8 Å². The van der Waals surface area contributed by atoms with Crippen LogP contribution >= 0.6 is 23.2 Å². The first-order chi connectivity index (χ1) is 40.9. The molecule has 1 N–H and O–H groups in total. The lowest BCUT2D eigenvalue weighted by molar-refractivity contribution is 0.0513. The van der Waals surface area contributed by atoms with Crippen LogP contribution in [0.2, 0.25) is 28.2 Å². The summed E-state index contributed by atoms with van der Waals surface area (Å²) in [6, 6.07) is 12.9. The summed E-state index contributed by atoms with van der Waals surface area (Å²) in [7, 11) is 0.900. The van der Waals surface area contributed by atoms with Crippen LogP contribution in [0.3, 0.4) is 0 Å². The Kier molecular flexibility index (Phi) is 22.2. The minimum Gasteiger partial charge on any atom is -0.496 e. The second kappa shape index (κ2) is 28.2. The smallest absolute Gasteiger partial charge is 0.343 e. The zero-order valence-corrected chi connectivity index (χ0v) is 55.6. The van der Waals surface area contributed by atoms with Gasteiger partial charge in [-0.3, -0.25) is 9.59 Å². The van der Waals surface area contributed by atoms with Crippen LogP contribution in [0, 0.1) is 22.5 Å². The van der Waals surface area contributed by atoms with Gasteiger partial charge in [-0.2, -0.15) is 0 Å². The van der Waals surface area contributed by atoms with Crippen molar-refractivity contribution in [3.05, 3.63) is 136 Å². The van der Waals surface area contributed by atoms with E-state index in [0.29, 0.717) is 109 Å². The van der Waals surface area contributed by atoms with Crippen LogP contribution in [0.25, 0.3) is 21.8 Å². The van der Waals surface area contributed by atoms with Crippen molar-refractivity contribution in [3.63, 3.8) is 0 Å². The average Bonchev–Trinajstić information content (AvgIpc) is 0.824. The molecule has 16 nitrogen and oxygen atoms in total. The van der Waals surface area contributed by atoms with Gasteiger partial charge >= 0.3 is 11.9 Å². The molecule has 2 saturated heterocycles. The number of methoxy groups -OCH3 is 2. The van der Waals surface area contributed by atoms with E-state index in [-0.39, 0.29) is 75.7 Å².